The molecule has 154 valence electrons. The number of piperidine rings is 1. The normalized spacial score (nSPS) is 16.3. The van der Waals surface area contributed by atoms with Crippen LogP contribution in [0.15, 0.2) is 4.99 Å². The number of ether oxygens (including phenoxy) is 4. The Labute approximate surface area is 159 Å². The van der Waals surface area contributed by atoms with Gasteiger partial charge in [0, 0.05) is 60.2 Å². The summed E-state index contributed by atoms with van der Waals surface area (Å²) in [5.74, 6) is 1.03. The Morgan fingerprint density at radius 2 is 1.73 bits per heavy atom. The Balaban J connectivity index is 2.20. The number of nitrogens with one attached hydrogen (secondary N) is 1. The quantitative estimate of drug-likeness (QED) is 0.285. The van der Waals surface area contributed by atoms with Crippen LogP contribution in [-0.2, 0) is 18.9 Å². The van der Waals surface area contributed by atoms with Crippen LogP contribution in [0.3, 0.4) is 0 Å². The van der Waals surface area contributed by atoms with Gasteiger partial charge >= 0.3 is 0 Å². The van der Waals surface area contributed by atoms with E-state index in [0.29, 0.717) is 19.3 Å². The summed E-state index contributed by atoms with van der Waals surface area (Å²) in [6.45, 7) is 9.52. The summed E-state index contributed by atoms with van der Waals surface area (Å²) >= 11 is 0. The van der Waals surface area contributed by atoms with E-state index < -0.39 is 0 Å². The van der Waals surface area contributed by atoms with Gasteiger partial charge in [-0.15, -0.1) is 0 Å². The predicted octanol–water partition coefficient (Wildman–Crippen LogP) is 1.91. The molecule has 0 aromatic rings. The van der Waals surface area contributed by atoms with Gasteiger partial charge in [0.05, 0.1) is 19.3 Å². The maximum atomic E-state index is 5.94. The van der Waals surface area contributed by atoms with E-state index in [1.54, 1.807) is 14.2 Å². The molecule has 0 atom stereocenters. The van der Waals surface area contributed by atoms with Crippen molar-refractivity contribution in [3.63, 3.8) is 0 Å². The fourth-order valence-electron chi connectivity index (χ4n) is 2.86. The highest BCUT2D eigenvalue weighted by molar-refractivity contribution is 5.80. The van der Waals surface area contributed by atoms with Crippen LogP contribution in [-0.4, -0.2) is 90.4 Å². The van der Waals surface area contributed by atoms with Crippen molar-refractivity contribution in [2.45, 2.75) is 45.1 Å². The zero-order valence-electron chi connectivity index (χ0n) is 17.0. The second-order valence-electron chi connectivity index (χ2n) is 6.45. The molecule has 1 aliphatic rings. The van der Waals surface area contributed by atoms with Gasteiger partial charge in [-0.25, -0.2) is 0 Å². The van der Waals surface area contributed by atoms with Crippen LogP contribution < -0.4 is 5.32 Å². The standard InChI is InChI=1S/C19H39N3O4/c1-4-20-19(21-10-5-6-14-25-17-16-24-3)22-11-8-18(9-12-22)26-15-7-13-23-2/h18H,4-17H2,1-3H3,(H,20,21). The van der Waals surface area contributed by atoms with E-state index in [-0.39, 0.29) is 0 Å². The van der Waals surface area contributed by atoms with Crippen molar-refractivity contribution in [1.82, 2.24) is 10.2 Å². The summed E-state index contributed by atoms with van der Waals surface area (Å²) in [6, 6.07) is 0. The van der Waals surface area contributed by atoms with Crippen molar-refractivity contribution in [2.75, 3.05) is 73.4 Å². The van der Waals surface area contributed by atoms with E-state index in [0.717, 1.165) is 84.1 Å². The minimum absolute atomic E-state index is 0.371. The summed E-state index contributed by atoms with van der Waals surface area (Å²) in [4.78, 5) is 7.13. The van der Waals surface area contributed by atoms with Gasteiger partial charge in [-0.1, -0.05) is 0 Å². The van der Waals surface area contributed by atoms with Crippen molar-refractivity contribution in [3.05, 3.63) is 0 Å². The molecule has 0 radical (unpaired) electrons. The molecule has 7 heteroatoms. The molecule has 1 aliphatic heterocycles. The van der Waals surface area contributed by atoms with E-state index in [9.17, 15) is 0 Å². The molecule has 0 bridgehead atoms. The number of methoxy groups -OCH3 is 2. The first kappa shape index (κ1) is 23.1. The van der Waals surface area contributed by atoms with Gasteiger partial charge in [-0.05, 0) is 39.0 Å². The van der Waals surface area contributed by atoms with Crippen molar-refractivity contribution in [1.29, 1.82) is 0 Å². The SMILES string of the molecule is CCNC(=NCCCCOCCOC)N1CCC(OCCCOC)CC1. The Kier molecular flexibility index (Phi) is 14.5. The number of unbranched alkanes of at least 4 members (excludes halogenated alkanes) is 1. The third-order valence-corrected chi connectivity index (χ3v) is 4.31. The summed E-state index contributed by atoms with van der Waals surface area (Å²) in [5, 5.41) is 3.42. The smallest absolute Gasteiger partial charge is 0.193 e. The fourth-order valence-corrected chi connectivity index (χ4v) is 2.86. The number of hydrogen-bond donors (Lipinski definition) is 1. The van der Waals surface area contributed by atoms with Gasteiger partial charge in [0.1, 0.15) is 0 Å². The Morgan fingerprint density at radius 1 is 0.962 bits per heavy atom. The number of guanidine groups is 1. The Morgan fingerprint density at radius 3 is 2.42 bits per heavy atom. The minimum Gasteiger partial charge on any atom is -0.385 e. The number of aliphatic imine (C=N–C) groups is 1. The van der Waals surface area contributed by atoms with Gasteiger partial charge in [0.2, 0.25) is 0 Å². The molecule has 0 spiro atoms. The summed E-state index contributed by atoms with van der Waals surface area (Å²) in [7, 11) is 3.42. The highest BCUT2D eigenvalue weighted by atomic mass is 16.5. The monoisotopic (exact) mass is 373 g/mol. The van der Waals surface area contributed by atoms with Gasteiger partial charge in [-0.3, -0.25) is 4.99 Å². The third kappa shape index (κ3) is 11.0. The van der Waals surface area contributed by atoms with E-state index in [2.05, 4.69) is 17.1 Å². The number of nitrogens with zero attached hydrogens (tertiary/aromatic N) is 2. The van der Waals surface area contributed by atoms with Gasteiger partial charge in [-0.2, -0.15) is 0 Å². The predicted molar refractivity (Wildman–Crippen MR) is 105 cm³/mol. The fraction of sp³-hybridized carbons (Fsp3) is 0.947. The zero-order chi connectivity index (χ0) is 18.9. The Bertz CT molecular complexity index is 348. The maximum absolute atomic E-state index is 5.94. The molecule has 1 rings (SSSR count). The highest BCUT2D eigenvalue weighted by Crippen LogP contribution is 2.14. The second kappa shape index (κ2) is 16.3. The van der Waals surface area contributed by atoms with Gasteiger partial charge < -0.3 is 29.2 Å². The largest absolute Gasteiger partial charge is 0.385 e. The van der Waals surface area contributed by atoms with Crippen molar-refractivity contribution in [3.8, 4) is 0 Å². The number of hydrogen-bond acceptors (Lipinski definition) is 5. The van der Waals surface area contributed by atoms with Crippen molar-refractivity contribution < 1.29 is 18.9 Å². The lowest BCUT2D eigenvalue weighted by molar-refractivity contribution is 0.00990. The van der Waals surface area contributed by atoms with Crippen LogP contribution >= 0.6 is 0 Å². The zero-order valence-corrected chi connectivity index (χ0v) is 17.0. The van der Waals surface area contributed by atoms with Gasteiger partial charge in [0.15, 0.2) is 5.96 Å². The van der Waals surface area contributed by atoms with E-state index in [4.69, 9.17) is 23.9 Å². The molecule has 0 amide bonds. The van der Waals surface area contributed by atoms with Crippen LogP contribution in [0.2, 0.25) is 0 Å². The lowest BCUT2D eigenvalue weighted by atomic mass is 10.1. The summed E-state index contributed by atoms with van der Waals surface area (Å²) in [5.41, 5.74) is 0. The minimum atomic E-state index is 0.371. The molecule has 0 saturated carbocycles. The first-order chi connectivity index (χ1) is 12.8. The second-order valence-corrected chi connectivity index (χ2v) is 6.45. The molecule has 1 heterocycles. The van der Waals surface area contributed by atoms with E-state index >= 15 is 0 Å². The molecule has 7 nitrogen and oxygen atoms in total. The van der Waals surface area contributed by atoms with Crippen LogP contribution in [0.4, 0.5) is 0 Å². The summed E-state index contributed by atoms with van der Waals surface area (Å²) < 4.78 is 21.4. The molecule has 0 aromatic carbocycles. The van der Waals surface area contributed by atoms with Crippen molar-refractivity contribution in [2.24, 2.45) is 4.99 Å². The highest BCUT2D eigenvalue weighted by Gasteiger charge is 2.21. The molecule has 26 heavy (non-hydrogen) atoms. The van der Waals surface area contributed by atoms with E-state index in [1.807, 2.05) is 0 Å². The maximum Gasteiger partial charge on any atom is 0.193 e. The van der Waals surface area contributed by atoms with Crippen LogP contribution in [0, 0.1) is 0 Å². The van der Waals surface area contributed by atoms with Crippen LogP contribution in [0.5, 0.6) is 0 Å². The molecule has 1 saturated heterocycles. The first-order valence-electron chi connectivity index (χ1n) is 10.0. The van der Waals surface area contributed by atoms with E-state index in [1.165, 1.54) is 0 Å². The van der Waals surface area contributed by atoms with Crippen LogP contribution in [0.25, 0.3) is 0 Å². The average Bonchev–Trinajstić information content (AvgIpc) is 2.67. The molecule has 1 N–H and O–H groups in total. The number of likely N-dealkylation sites (tertiary alicyclic amines) is 1. The molecular weight excluding hydrogens is 334 g/mol. The lowest BCUT2D eigenvalue weighted by Gasteiger charge is -2.34. The third-order valence-electron chi connectivity index (χ3n) is 4.31. The average molecular weight is 374 g/mol. The summed E-state index contributed by atoms with van der Waals surface area (Å²) in [6.07, 6.45) is 5.53. The van der Waals surface area contributed by atoms with Crippen LogP contribution in [0.1, 0.15) is 39.0 Å². The topological polar surface area (TPSA) is 64.6 Å². The molecular formula is C19H39N3O4. The number of rotatable bonds is 14. The molecule has 0 aromatic heterocycles. The lowest BCUT2D eigenvalue weighted by Crippen LogP contribution is -2.47. The van der Waals surface area contributed by atoms with Gasteiger partial charge in [0.25, 0.3) is 0 Å². The molecule has 0 aliphatic carbocycles. The molecule has 1 fully saturated rings. The first-order valence-corrected chi connectivity index (χ1v) is 10.0. The molecule has 0 unspecified atom stereocenters. The van der Waals surface area contributed by atoms with Crippen molar-refractivity contribution >= 4 is 5.96 Å². The Hall–Kier alpha value is -0.890.